The zero-order valence-electron chi connectivity index (χ0n) is 14.3. The minimum atomic E-state index is -0.872. The SMILES string of the molecule is CCCc1ccc(C(NC(=O)C2CCC2C(=O)O)c2cccs2)cc1. The number of carboxylic acids is 1. The molecule has 0 aliphatic heterocycles. The standard InChI is InChI=1S/C20H23NO3S/c1-2-4-13-6-8-14(9-7-13)18(17-5-3-12-25-17)21-19(22)15-10-11-16(15)20(23)24/h3,5-9,12,15-16,18H,2,4,10-11H2,1H3,(H,21,22)(H,23,24). The number of carbonyl (C=O) groups is 2. The van der Waals surface area contributed by atoms with Gasteiger partial charge in [0.1, 0.15) is 0 Å². The third-order valence-electron chi connectivity index (χ3n) is 4.89. The van der Waals surface area contributed by atoms with E-state index in [1.165, 1.54) is 5.56 Å². The first-order valence-corrected chi connectivity index (χ1v) is 9.63. The third-order valence-corrected chi connectivity index (χ3v) is 5.83. The molecule has 1 aliphatic rings. The lowest BCUT2D eigenvalue weighted by Gasteiger charge is -2.33. The van der Waals surface area contributed by atoms with E-state index in [2.05, 4.69) is 36.5 Å². The molecule has 132 valence electrons. The van der Waals surface area contributed by atoms with Crippen molar-refractivity contribution in [3.05, 3.63) is 57.8 Å². The lowest BCUT2D eigenvalue weighted by atomic mass is 9.73. The van der Waals surface area contributed by atoms with Gasteiger partial charge < -0.3 is 10.4 Å². The number of carboxylic acid groups (broad SMARTS) is 1. The van der Waals surface area contributed by atoms with Crippen LogP contribution in [0, 0.1) is 11.8 Å². The van der Waals surface area contributed by atoms with Gasteiger partial charge in [0.25, 0.3) is 0 Å². The Bertz CT molecular complexity index is 724. The van der Waals surface area contributed by atoms with E-state index in [1.807, 2.05) is 17.5 Å². The van der Waals surface area contributed by atoms with E-state index in [0.717, 1.165) is 23.3 Å². The van der Waals surface area contributed by atoms with E-state index in [0.29, 0.717) is 12.8 Å². The highest BCUT2D eigenvalue weighted by atomic mass is 32.1. The van der Waals surface area contributed by atoms with Crippen LogP contribution in [0.25, 0.3) is 0 Å². The van der Waals surface area contributed by atoms with Crippen LogP contribution >= 0.6 is 11.3 Å². The molecule has 2 aromatic rings. The van der Waals surface area contributed by atoms with Crippen molar-refractivity contribution >= 4 is 23.2 Å². The van der Waals surface area contributed by atoms with Gasteiger partial charge in [0.15, 0.2) is 0 Å². The van der Waals surface area contributed by atoms with Crippen LogP contribution in [0.4, 0.5) is 0 Å². The molecule has 1 saturated carbocycles. The molecule has 1 amide bonds. The Balaban J connectivity index is 1.79. The minimum absolute atomic E-state index is 0.158. The summed E-state index contributed by atoms with van der Waals surface area (Å²) in [5.74, 6) is -1.99. The molecule has 25 heavy (non-hydrogen) atoms. The number of thiophene rings is 1. The zero-order chi connectivity index (χ0) is 17.8. The molecular formula is C20H23NO3S. The van der Waals surface area contributed by atoms with Gasteiger partial charge in [0.2, 0.25) is 5.91 Å². The quantitative estimate of drug-likeness (QED) is 0.786. The Kier molecular flexibility index (Phi) is 5.53. The summed E-state index contributed by atoms with van der Waals surface area (Å²) in [6.07, 6.45) is 3.37. The summed E-state index contributed by atoms with van der Waals surface area (Å²) in [7, 11) is 0. The van der Waals surface area contributed by atoms with Crippen molar-refractivity contribution in [2.45, 2.75) is 38.6 Å². The Morgan fingerprint density at radius 3 is 2.44 bits per heavy atom. The number of benzene rings is 1. The van der Waals surface area contributed by atoms with Crippen LogP contribution in [-0.4, -0.2) is 17.0 Å². The van der Waals surface area contributed by atoms with Gasteiger partial charge in [-0.3, -0.25) is 9.59 Å². The summed E-state index contributed by atoms with van der Waals surface area (Å²) in [5.41, 5.74) is 2.31. The molecule has 0 saturated heterocycles. The van der Waals surface area contributed by atoms with Crippen molar-refractivity contribution in [3.8, 4) is 0 Å². The molecule has 1 heterocycles. The van der Waals surface area contributed by atoms with E-state index in [4.69, 9.17) is 0 Å². The molecule has 3 rings (SSSR count). The number of rotatable bonds is 7. The molecule has 1 aromatic carbocycles. The number of aryl methyl sites for hydroxylation is 1. The number of carbonyl (C=O) groups excluding carboxylic acids is 1. The molecule has 1 fully saturated rings. The number of hydrogen-bond acceptors (Lipinski definition) is 3. The number of aliphatic carboxylic acids is 1. The van der Waals surface area contributed by atoms with Gasteiger partial charge in [-0.05, 0) is 41.8 Å². The fraction of sp³-hybridized carbons (Fsp3) is 0.400. The first-order valence-electron chi connectivity index (χ1n) is 8.75. The fourth-order valence-electron chi connectivity index (χ4n) is 3.30. The lowest BCUT2D eigenvalue weighted by molar-refractivity contribution is -0.152. The maximum Gasteiger partial charge on any atom is 0.307 e. The topological polar surface area (TPSA) is 66.4 Å². The van der Waals surface area contributed by atoms with Crippen LogP contribution in [0.2, 0.25) is 0 Å². The van der Waals surface area contributed by atoms with Crippen molar-refractivity contribution in [3.63, 3.8) is 0 Å². The first kappa shape index (κ1) is 17.7. The smallest absolute Gasteiger partial charge is 0.307 e. The summed E-state index contributed by atoms with van der Waals surface area (Å²) in [4.78, 5) is 24.9. The zero-order valence-corrected chi connectivity index (χ0v) is 15.1. The molecule has 0 spiro atoms. The second-order valence-electron chi connectivity index (χ2n) is 6.58. The largest absolute Gasteiger partial charge is 0.481 e. The van der Waals surface area contributed by atoms with Crippen LogP contribution in [0.5, 0.6) is 0 Å². The van der Waals surface area contributed by atoms with Gasteiger partial charge in [-0.2, -0.15) is 0 Å². The maximum absolute atomic E-state index is 12.6. The van der Waals surface area contributed by atoms with E-state index in [1.54, 1.807) is 11.3 Å². The van der Waals surface area contributed by atoms with Gasteiger partial charge in [0.05, 0.1) is 17.9 Å². The van der Waals surface area contributed by atoms with Crippen LogP contribution in [0.3, 0.4) is 0 Å². The molecule has 0 radical (unpaired) electrons. The van der Waals surface area contributed by atoms with Gasteiger partial charge >= 0.3 is 5.97 Å². The van der Waals surface area contributed by atoms with E-state index >= 15 is 0 Å². The maximum atomic E-state index is 12.6. The molecule has 3 atom stereocenters. The lowest BCUT2D eigenvalue weighted by Crippen LogP contribution is -2.45. The Morgan fingerprint density at radius 1 is 1.20 bits per heavy atom. The Hall–Kier alpha value is -2.14. The third kappa shape index (κ3) is 3.93. The molecule has 2 N–H and O–H groups in total. The van der Waals surface area contributed by atoms with Crippen LogP contribution in [-0.2, 0) is 16.0 Å². The van der Waals surface area contributed by atoms with Gasteiger partial charge in [0, 0.05) is 4.88 Å². The second kappa shape index (κ2) is 7.83. The number of hydrogen-bond donors (Lipinski definition) is 2. The number of amides is 1. The second-order valence-corrected chi connectivity index (χ2v) is 7.56. The van der Waals surface area contributed by atoms with Crippen molar-refractivity contribution in [2.24, 2.45) is 11.8 Å². The first-order chi connectivity index (χ1) is 12.1. The number of nitrogens with one attached hydrogen (secondary N) is 1. The van der Waals surface area contributed by atoms with Crippen molar-refractivity contribution < 1.29 is 14.7 Å². The molecule has 1 aromatic heterocycles. The molecule has 5 heteroatoms. The summed E-state index contributed by atoms with van der Waals surface area (Å²) in [5, 5.41) is 14.3. The predicted molar refractivity (Wildman–Crippen MR) is 98.6 cm³/mol. The predicted octanol–water partition coefficient (Wildman–Crippen LogP) is 4.02. The van der Waals surface area contributed by atoms with Gasteiger partial charge in [-0.15, -0.1) is 11.3 Å². The highest BCUT2D eigenvalue weighted by Gasteiger charge is 2.42. The average molecular weight is 357 g/mol. The van der Waals surface area contributed by atoms with Crippen molar-refractivity contribution in [1.82, 2.24) is 5.32 Å². The van der Waals surface area contributed by atoms with E-state index < -0.39 is 17.8 Å². The van der Waals surface area contributed by atoms with Crippen molar-refractivity contribution in [2.75, 3.05) is 0 Å². The minimum Gasteiger partial charge on any atom is -0.481 e. The monoisotopic (exact) mass is 357 g/mol. The molecule has 0 bridgehead atoms. The van der Waals surface area contributed by atoms with Crippen molar-refractivity contribution in [1.29, 1.82) is 0 Å². The van der Waals surface area contributed by atoms with Crippen LogP contribution in [0.1, 0.15) is 48.2 Å². The highest BCUT2D eigenvalue weighted by molar-refractivity contribution is 7.10. The summed E-state index contributed by atoms with van der Waals surface area (Å²) >= 11 is 1.60. The van der Waals surface area contributed by atoms with Crippen LogP contribution in [0.15, 0.2) is 41.8 Å². The molecule has 1 aliphatic carbocycles. The van der Waals surface area contributed by atoms with Gasteiger partial charge in [-0.1, -0.05) is 43.7 Å². The Morgan fingerprint density at radius 2 is 1.92 bits per heavy atom. The molecule has 3 unspecified atom stereocenters. The average Bonchev–Trinajstić information content (AvgIpc) is 3.06. The molecular weight excluding hydrogens is 334 g/mol. The normalized spacial score (nSPS) is 20.5. The van der Waals surface area contributed by atoms with Crippen LogP contribution < -0.4 is 5.32 Å². The summed E-state index contributed by atoms with van der Waals surface area (Å²) < 4.78 is 0. The Labute approximate surface area is 151 Å². The molecule has 4 nitrogen and oxygen atoms in total. The summed E-state index contributed by atoms with van der Waals surface area (Å²) in [6.45, 7) is 2.15. The van der Waals surface area contributed by atoms with E-state index in [-0.39, 0.29) is 11.9 Å². The van der Waals surface area contributed by atoms with Gasteiger partial charge in [-0.25, -0.2) is 0 Å². The highest BCUT2D eigenvalue weighted by Crippen LogP contribution is 2.36. The summed E-state index contributed by atoms with van der Waals surface area (Å²) in [6, 6.07) is 12.1. The fourth-order valence-corrected chi connectivity index (χ4v) is 4.10. The van der Waals surface area contributed by atoms with E-state index in [9.17, 15) is 14.7 Å².